The number of ether oxygens (including phenoxy) is 2. The maximum atomic E-state index is 11.9. The van der Waals surface area contributed by atoms with Crippen LogP contribution in [0, 0.1) is 0 Å². The molecule has 1 heterocycles. The van der Waals surface area contributed by atoms with E-state index in [0.29, 0.717) is 0 Å². The molecular formula is C12H16KNO6. The van der Waals surface area contributed by atoms with Crippen molar-refractivity contribution in [3.05, 3.63) is 11.3 Å². The van der Waals surface area contributed by atoms with Crippen molar-refractivity contribution in [2.24, 2.45) is 0 Å². The first-order chi connectivity index (χ1) is 8.61. The first-order valence-corrected chi connectivity index (χ1v) is 5.75. The number of carbonyl (C=O) groups is 3. The van der Waals surface area contributed by atoms with E-state index in [1.165, 1.54) is 6.92 Å². The molecule has 0 N–H and O–H groups in total. The summed E-state index contributed by atoms with van der Waals surface area (Å²) in [6.45, 7) is 6.46. The van der Waals surface area contributed by atoms with Crippen LogP contribution in [0.15, 0.2) is 11.3 Å². The molecule has 0 saturated heterocycles. The molecule has 1 aliphatic heterocycles. The molecule has 0 saturated carbocycles. The number of hydrogen-bond acceptors (Lipinski definition) is 6. The maximum absolute atomic E-state index is 11.9. The molecule has 0 bridgehead atoms. The monoisotopic (exact) mass is 309 g/mol. The Kier molecular flexibility index (Phi) is 7.40. The third-order valence-electron chi connectivity index (χ3n) is 2.37. The fourth-order valence-electron chi connectivity index (χ4n) is 1.54. The van der Waals surface area contributed by atoms with Gasteiger partial charge in [0.15, 0.2) is 0 Å². The quantitative estimate of drug-likeness (QED) is 0.403. The zero-order valence-electron chi connectivity index (χ0n) is 12.3. The van der Waals surface area contributed by atoms with Crippen LogP contribution in [0.4, 0.5) is 9.59 Å². The molecule has 106 valence electrons. The molecule has 0 aliphatic carbocycles. The van der Waals surface area contributed by atoms with Crippen LogP contribution in [0.25, 0.3) is 0 Å². The molecule has 0 radical (unpaired) electrons. The molecule has 0 spiro atoms. The Hall–Kier alpha value is -0.414. The van der Waals surface area contributed by atoms with E-state index in [1.807, 2.05) is 0 Å². The Labute approximate surface area is 159 Å². The predicted molar refractivity (Wildman–Crippen MR) is 61.7 cm³/mol. The molecule has 20 heavy (non-hydrogen) atoms. The molecule has 0 aromatic rings. The van der Waals surface area contributed by atoms with Crippen LogP contribution in [0.1, 0.15) is 34.1 Å². The molecule has 0 aromatic carbocycles. The summed E-state index contributed by atoms with van der Waals surface area (Å²) in [5, 5.41) is 10.3. The SMILES string of the molecule is CC1=C(OC(=O)[O-])CCN(C(=O)OC(C)(C)C)C1=O.[K+]. The minimum absolute atomic E-state index is 0. The van der Waals surface area contributed by atoms with Crippen LogP contribution in [-0.2, 0) is 14.3 Å². The van der Waals surface area contributed by atoms with Crippen molar-refractivity contribution >= 4 is 18.2 Å². The summed E-state index contributed by atoms with van der Waals surface area (Å²) in [4.78, 5) is 35.0. The fraction of sp³-hybridized carbons (Fsp3) is 0.583. The smallest absolute Gasteiger partial charge is 0.518 e. The third-order valence-corrected chi connectivity index (χ3v) is 2.37. The Morgan fingerprint density at radius 3 is 2.30 bits per heavy atom. The van der Waals surface area contributed by atoms with Crippen molar-refractivity contribution in [1.82, 2.24) is 4.90 Å². The van der Waals surface area contributed by atoms with Gasteiger partial charge in [-0.2, -0.15) is 0 Å². The van der Waals surface area contributed by atoms with E-state index in [-0.39, 0.29) is 75.7 Å². The number of rotatable bonds is 1. The zero-order chi connectivity index (χ0) is 14.8. The van der Waals surface area contributed by atoms with E-state index in [0.717, 1.165) is 4.90 Å². The van der Waals surface area contributed by atoms with Gasteiger partial charge >= 0.3 is 57.5 Å². The molecule has 0 aromatic heterocycles. The summed E-state index contributed by atoms with van der Waals surface area (Å²) >= 11 is 0. The average Bonchev–Trinajstić information content (AvgIpc) is 2.21. The van der Waals surface area contributed by atoms with Gasteiger partial charge < -0.3 is 19.4 Å². The topological polar surface area (TPSA) is 96.0 Å². The Morgan fingerprint density at radius 2 is 1.85 bits per heavy atom. The van der Waals surface area contributed by atoms with E-state index in [4.69, 9.17) is 4.74 Å². The first kappa shape index (κ1) is 19.6. The fourth-order valence-corrected chi connectivity index (χ4v) is 1.54. The molecule has 0 atom stereocenters. The molecule has 8 heteroatoms. The molecule has 7 nitrogen and oxygen atoms in total. The van der Waals surface area contributed by atoms with E-state index in [2.05, 4.69) is 4.74 Å². The van der Waals surface area contributed by atoms with Gasteiger partial charge in [-0.25, -0.2) is 9.69 Å². The standard InChI is InChI=1S/C12H17NO6.K/c1-7-8(18-11(16)17)5-6-13(9(7)14)10(15)19-12(2,3)4;/h5-6H2,1-4H3,(H,16,17);/q;+1/p-1. The minimum Gasteiger partial charge on any atom is -0.518 e. The summed E-state index contributed by atoms with van der Waals surface area (Å²) in [6.07, 6.45) is -2.37. The number of carbonyl (C=O) groups excluding carboxylic acids is 3. The molecule has 1 aliphatic rings. The summed E-state index contributed by atoms with van der Waals surface area (Å²) < 4.78 is 9.47. The number of imide groups is 1. The van der Waals surface area contributed by atoms with Crippen molar-refractivity contribution in [3.8, 4) is 0 Å². The van der Waals surface area contributed by atoms with Crippen LogP contribution < -0.4 is 56.5 Å². The van der Waals surface area contributed by atoms with E-state index in [1.54, 1.807) is 20.8 Å². The van der Waals surface area contributed by atoms with Gasteiger partial charge in [-0.3, -0.25) is 4.79 Å². The summed E-state index contributed by atoms with van der Waals surface area (Å²) in [6, 6.07) is 0. The van der Waals surface area contributed by atoms with Gasteiger partial charge in [0, 0.05) is 24.3 Å². The minimum atomic E-state index is -1.73. The first-order valence-electron chi connectivity index (χ1n) is 5.75. The van der Waals surface area contributed by atoms with Crippen LogP contribution in [-0.4, -0.2) is 35.2 Å². The van der Waals surface area contributed by atoms with E-state index < -0.39 is 23.8 Å². The second kappa shape index (κ2) is 7.55. The van der Waals surface area contributed by atoms with Gasteiger partial charge in [-0.1, -0.05) is 0 Å². The van der Waals surface area contributed by atoms with Crippen molar-refractivity contribution in [2.45, 2.75) is 39.7 Å². The van der Waals surface area contributed by atoms with Gasteiger partial charge in [0.2, 0.25) is 0 Å². The van der Waals surface area contributed by atoms with Crippen molar-refractivity contribution in [1.29, 1.82) is 0 Å². The van der Waals surface area contributed by atoms with Crippen molar-refractivity contribution in [2.75, 3.05) is 6.54 Å². The zero-order valence-corrected chi connectivity index (χ0v) is 15.4. The second-order valence-electron chi connectivity index (χ2n) is 5.09. The van der Waals surface area contributed by atoms with Crippen molar-refractivity contribution < 1.29 is 80.3 Å². The van der Waals surface area contributed by atoms with Crippen LogP contribution in [0.5, 0.6) is 0 Å². The van der Waals surface area contributed by atoms with Gasteiger partial charge in [0.1, 0.15) is 5.60 Å². The largest absolute Gasteiger partial charge is 1.00 e. The van der Waals surface area contributed by atoms with Crippen LogP contribution in [0.3, 0.4) is 0 Å². The Morgan fingerprint density at radius 1 is 1.30 bits per heavy atom. The molecule has 1 rings (SSSR count). The van der Waals surface area contributed by atoms with E-state index in [9.17, 15) is 19.5 Å². The van der Waals surface area contributed by atoms with Crippen molar-refractivity contribution in [3.63, 3.8) is 0 Å². The predicted octanol–water partition coefficient (Wildman–Crippen LogP) is -2.21. The number of amides is 2. The van der Waals surface area contributed by atoms with E-state index >= 15 is 0 Å². The van der Waals surface area contributed by atoms with Crippen LogP contribution in [0.2, 0.25) is 0 Å². The average molecular weight is 309 g/mol. The van der Waals surface area contributed by atoms with Gasteiger partial charge in [0.05, 0.1) is 0 Å². The summed E-state index contributed by atoms with van der Waals surface area (Å²) in [7, 11) is 0. The number of carboxylic acid groups (broad SMARTS) is 1. The second-order valence-corrected chi connectivity index (χ2v) is 5.09. The number of hydrogen-bond donors (Lipinski definition) is 0. The third kappa shape index (κ3) is 5.53. The summed E-state index contributed by atoms with van der Waals surface area (Å²) in [5.41, 5.74) is -0.655. The molecule has 0 fully saturated rings. The normalized spacial score (nSPS) is 15.6. The molecule has 0 unspecified atom stereocenters. The van der Waals surface area contributed by atoms with Crippen LogP contribution >= 0.6 is 0 Å². The summed E-state index contributed by atoms with van der Waals surface area (Å²) in [5.74, 6) is -0.624. The van der Waals surface area contributed by atoms with Gasteiger partial charge in [-0.15, -0.1) is 0 Å². The molecular weight excluding hydrogens is 293 g/mol. The maximum Gasteiger partial charge on any atom is 1.00 e. The molecule has 2 amide bonds. The Bertz CT molecular complexity index is 451. The number of nitrogens with zero attached hydrogens (tertiary/aromatic N) is 1. The van der Waals surface area contributed by atoms with Gasteiger partial charge in [0.25, 0.3) is 12.1 Å². The van der Waals surface area contributed by atoms with Gasteiger partial charge in [-0.05, 0) is 27.7 Å². The Balaban J connectivity index is 0.00000361.